The van der Waals surface area contributed by atoms with Crippen LogP contribution in [-0.2, 0) is 11.2 Å². The van der Waals surface area contributed by atoms with Gasteiger partial charge in [-0.05, 0) is 24.1 Å². The van der Waals surface area contributed by atoms with E-state index >= 15 is 0 Å². The highest BCUT2D eigenvalue weighted by Gasteiger charge is 2.09. The molecule has 2 aromatic rings. The predicted octanol–water partition coefficient (Wildman–Crippen LogP) is 3.60. The third-order valence-electron chi connectivity index (χ3n) is 3.17. The Bertz CT molecular complexity index is 667. The number of carboxylic acids is 1. The summed E-state index contributed by atoms with van der Waals surface area (Å²) in [6, 6.07) is 16.4. The lowest BCUT2D eigenvalue weighted by atomic mass is 10.0. The molecule has 1 N–H and O–H groups in total. The SMILES string of the molecule is CC(=O)c1ccc(CC(=Cc2ccccc2)C(=O)O)cc1. The number of hydrogen-bond donors (Lipinski definition) is 1. The molecule has 0 aromatic heterocycles. The molecule has 0 saturated heterocycles. The normalized spacial score (nSPS) is 11.2. The molecule has 3 nitrogen and oxygen atoms in total. The fourth-order valence-electron chi connectivity index (χ4n) is 2.02. The van der Waals surface area contributed by atoms with E-state index in [-0.39, 0.29) is 5.78 Å². The summed E-state index contributed by atoms with van der Waals surface area (Å²) in [6.07, 6.45) is 1.99. The third kappa shape index (κ3) is 4.14. The maximum Gasteiger partial charge on any atom is 0.331 e. The highest BCUT2D eigenvalue weighted by molar-refractivity contribution is 5.94. The number of rotatable bonds is 5. The number of hydrogen-bond acceptors (Lipinski definition) is 2. The molecule has 0 radical (unpaired) electrons. The van der Waals surface area contributed by atoms with Crippen molar-refractivity contribution in [1.29, 1.82) is 0 Å². The van der Waals surface area contributed by atoms with Gasteiger partial charge in [0.2, 0.25) is 0 Å². The molecule has 0 saturated carbocycles. The maximum absolute atomic E-state index is 11.4. The van der Waals surface area contributed by atoms with Gasteiger partial charge in [-0.15, -0.1) is 0 Å². The quantitative estimate of drug-likeness (QED) is 0.672. The second-order valence-corrected chi connectivity index (χ2v) is 4.82. The molecule has 0 amide bonds. The van der Waals surface area contributed by atoms with Crippen molar-refractivity contribution in [3.8, 4) is 0 Å². The van der Waals surface area contributed by atoms with Gasteiger partial charge in [0, 0.05) is 17.6 Å². The van der Waals surface area contributed by atoms with E-state index in [1.165, 1.54) is 6.92 Å². The molecular weight excluding hydrogens is 264 g/mol. The Kier molecular flexibility index (Phi) is 4.67. The number of carboxylic acid groups (broad SMARTS) is 1. The Morgan fingerprint density at radius 2 is 1.62 bits per heavy atom. The molecule has 21 heavy (non-hydrogen) atoms. The zero-order valence-electron chi connectivity index (χ0n) is 11.7. The highest BCUT2D eigenvalue weighted by Crippen LogP contribution is 2.14. The van der Waals surface area contributed by atoms with Crippen LogP contribution in [-0.4, -0.2) is 16.9 Å². The molecule has 106 valence electrons. The van der Waals surface area contributed by atoms with E-state index in [4.69, 9.17) is 0 Å². The smallest absolute Gasteiger partial charge is 0.331 e. The van der Waals surface area contributed by atoms with E-state index in [1.807, 2.05) is 30.3 Å². The van der Waals surface area contributed by atoms with Crippen LogP contribution < -0.4 is 0 Å². The Hall–Kier alpha value is -2.68. The molecule has 0 spiro atoms. The van der Waals surface area contributed by atoms with Crippen LogP contribution >= 0.6 is 0 Å². The van der Waals surface area contributed by atoms with Gasteiger partial charge in [0.1, 0.15) is 0 Å². The van der Waals surface area contributed by atoms with Crippen LogP contribution in [0.5, 0.6) is 0 Å². The van der Waals surface area contributed by atoms with Crippen LogP contribution in [0.3, 0.4) is 0 Å². The van der Waals surface area contributed by atoms with Crippen LogP contribution in [0.4, 0.5) is 0 Å². The van der Waals surface area contributed by atoms with E-state index < -0.39 is 5.97 Å². The van der Waals surface area contributed by atoms with E-state index in [1.54, 1.807) is 30.3 Å². The summed E-state index contributed by atoms with van der Waals surface area (Å²) in [6.45, 7) is 1.51. The summed E-state index contributed by atoms with van der Waals surface area (Å²) >= 11 is 0. The molecule has 2 rings (SSSR count). The lowest BCUT2D eigenvalue weighted by Gasteiger charge is -2.04. The Morgan fingerprint density at radius 1 is 1.00 bits per heavy atom. The summed E-state index contributed by atoms with van der Waals surface area (Å²) in [7, 11) is 0. The van der Waals surface area contributed by atoms with Gasteiger partial charge >= 0.3 is 5.97 Å². The van der Waals surface area contributed by atoms with Gasteiger partial charge in [-0.3, -0.25) is 4.79 Å². The highest BCUT2D eigenvalue weighted by atomic mass is 16.4. The van der Waals surface area contributed by atoms with Gasteiger partial charge < -0.3 is 5.11 Å². The molecule has 0 fully saturated rings. The first-order valence-corrected chi connectivity index (χ1v) is 6.65. The van der Waals surface area contributed by atoms with Crippen molar-refractivity contribution in [1.82, 2.24) is 0 Å². The van der Waals surface area contributed by atoms with Gasteiger partial charge in [-0.1, -0.05) is 54.6 Å². The van der Waals surface area contributed by atoms with Gasteiger partial charge in [0.05, 0.1) is 0 Å². The molecule has 0 atom stereocenters. The zero-order chi connectivity index (χ0) is 15.2. The molecule has 0 bridgehead atoms. The fourth-order valence-corrected chi connectivity index (χ4v) is 2.02. The zero-order valence-corrected chi connectivity index (χ0v) is 11.7. The first kappa shape index (κ1) is 14.7. The number of Topliss-reactive ketones (excluding diaryl/α,β-unsaturated/α-hetero) is 1. The van der Waals surface area contributed by atoms with Crippen molar-refractivity contribution >= 4 is 17.8 Å². The standard InChI is InChI=1S/C18H16O3/c1-13(19)16-9-7-15(8-10-16)12-17(18(20)21)11-14-5-3-2-4-6-14/h2-11H,12H2,1H3,(H,20,21). The summed E-state index contributed by atoms with van der Waals surface area (Å²) in [5, 5.41) is 9.32. The van der Waals surface area contributed by atoms with Crippen molar-refractivity contribution < 1.29 is 14.7 Å². The van der Waals surface area contributed by atoms with E-state index in [9.17, 15) is 14.7 Å². The van der Waals surface area contributed by atoms with Crippen molar-refractivity contribution in [2.75, 3.05) is 0 Å². The minimum absolute atomic E-state index is 0.000152. The Labute approximate surface area is 123 Å². The third-order valence-corrected chi connectivity index (χ3v) is 3.17. The average molecular weight is 280 g/mol. The topological polar surface area (TPSA) is 54.4 Å². The van der Waals surface area contributed by atoms with Gasteiger partial charge in [0.25, 0.3) is 0 Å². The summed E-state index contributed by atoms with van der Waals surface area (Å²) in [5.41, 5.74) is 2.67. The lowest BCUT2D eigenvalue weighted by molar-refractivity contribution is -0.132. The molecule has 0 aliphatic rings. The minimum Gasteiger partial charge on any atom is -0.478 e. The van der Waals surface area contributed by atoms with Crippen molar-refractivity contribution in [2.45, 2.75) is 13.3 Å². The van der Waals surface area contributed by atoms with E-state index in [0.29, 0.717) is 17.6 Å². The monoisotopic (exact) mass is 280 g/mol. The number of carbonyl (C=O) groups is 2. The first-order valence-electron chi connectivity index (χ1n) is 6.65. The molecule has 3 heteroatoms. The summed E-state index contributed by atoms with van der Waals surface area (Å²) in [4.78, 5) is 22.6. The van der Waals surface area contributed by atoms with Crippen LogP contribution in [0.1, 0.15) is 28.4 Å². The van der Waals surface area contributed by atoms with E-state index in [2.05, 4.69) is 0 Å². The van der Waals surface area contributed by atoms with E-state index in [0.717, 1.165) is 11.1 Å². The van der Waals surface area contributed by atoms with Crippen molar-refractivity contribution in [3.05, 3.63) is 76.9 Å². The van der Waals surface area contributed by atoms with Crippen molar-refractivity contribution in [3.63, 3.8) is 0 Å². The van der Waals surface area contributed by atoms with Gasteiger partial charge in [-0.2, -0.15) is 0 Å². The van der Waals surface area contributed by atoms with Crippen LogP contribution in [0.2, 0.25) is 0 Å². The summed E-state index contributed by atoms with van der Waals surface area (Å²) in [5.74, 6) is -0.936. The molecule has 0 heterocycles. The van der Waals surface area contributed by atoms with Gasteiger partial charge in [0.15, 0.2) is 5.78 Å². The lowest BCUT2D eigenvalue weighted by Crippen LogP contribution is -2.04. The van der Waals surface area contributed by atoms with Crippen LogP contribution in [0, 0.1) is 0 Å². The number of ketones is 1. The molecule has 0 aliphatic heterocycles. The Balaban J connectivity index is 2.23. The second kappa shape index (κ2) is 6.66. The summed E-state index contributed by atoms with van der Waals surface area (Å²) < 4.78 is 0. The molecule has 2 aromatic carbocycles. The number of carbonyl (C=O) groups excluding carboxylic acids is 1. The first-order chi connectivity index (χ1) is 10.1. The van der Waals surface area contributed by atoms with Gasteiger partial charge in [-0.25, -0.2) is 4.79 Å². The second-order valence-electron chi connectivity index (χ2n) is 4.82. The fraction of sp³-hybridized carbons (Fsp3) is 0.111. The Morgan fingerprint density at radius 3 is 2.14 bits per heavy atom. The van der Waals surface area contributed by atoms with Crippen molar-refractivity contribution in [2.24, 2.45) is 0 Å². The molecule has 0 aliphatic carbocycles. The predicted molar refractivity (Wildman–Crippen MR) is 82.2 cm³/mol. The number of aliphatic carboxylic acids is 1. The maximum atomic E-state index is 11.4. The average Bonchev–Trinajstić information content (AvgIpc) is 2.48. The minimum atomic E-state index is -0.936. The number of benzene rings is 2. The van der Waals surface area contributed by atoms with Crippen LogP contribution in [0.15, 0.2) is 60.2 Å². The largest absolute Gasteiger partial charge is 0.478 e. The van der Waals surface area contributed by atoms with Crippen LogP contribution in [0.25, 0.3) is 6.08 Å². The molecular formula is C18H16O3. The molecule has 0 unspecified atom stereocenters.